The Kier molecular flexibility index (Phi) is 4.25. The van der Waals surface area contributed by atoms with Crippen molar-refractivity contribution in [2.24, 2.45) is 0 Å². The number of nitrogens with one attached hydrogen (secondary N) is 1. The summed E-state index contributed by atoms with van der Waals surface area (Å²) in [6.45, 7) is 0.116. The van der Waals surface area contributed by atoms with Crippen LogP contribution in [0.5, 0.6) is 0 Å². The highest BCUT2D eigenvalue weighted by Gasteiger charge is 2.27. The molecule has 0 saturated carbocycles. The predicted octanol–water partition coefficient (Wildman–Crippen LogP) is 3.26. The highest BCUT2D eigenvalue weighted by Crippen LogP contribution is 2.30. The number of aromatic nitrogens is 4. The molecule has 0 aliphatic carbocycles. The Morgan fingerprint density at radius 1 is 1.37 bits per heavy atom. The Balaban J connectivity index is 2.17. The van der Waals surface area contributed by atoms with E-state index in [2.05, 4.69) is 15.2 Å². The average Bonchev–Trinajstić information content (AvgIpc) is 2.71. The largest absolute Gasteiger partial charge is 0.441 e. The molecule has 4 nitrogen and oxygen atoms in total. The molecule has 102 valence electrons. The highest BCUT2D eigenvalue weighted by molar-refractivity contribution is 8.00. The molecule has 0 aromatic carbocycles. The fourth-order valence-corrected chi connectivity index (χ4v) is 2.20. The second-order valence-electron chi connectivity index (χ2n) is 3.51. The lowest BCUT2D eigenvalue weighted by Crippen LogP contribution is -2.08. The molecule has 0 amide bonds. The van der Waals surface area contributed by atoms with Gasteiger partial charge >= 0.3 is 5.51 Å². The van der Waals surface area contributed by atoms with Gasteiger partial charge < -0.3 is 0 Å². The minimum absolute atomic E-state index is 0.0848. The summed E-state index contributed by atoms with van der Waals surface area (Å²) in [4.78, 5) is 4.10. The van der Waals surface area contributed by atoms with Gasteiger partial charge in [-0.25, -0.2) is 0 Å². The number of hydrogen-bond donors (Lipinski definition) is 1. The molecule has 2 heterocycles. The minimum atomic E-state index is -4.24. The van der Waals surface area contributed by atoms with Gasteiger partial charge in [0.05, 0.1) is 0 Å². The maximum absolute atomic E-state index is 12.1. The molecular formula is C10H9F3N4S2. The summed E-state index contributed by atoms with van der Waals surface area (Å²) in [5.41, 5.74) is -3.68. The number of H-pyrrole nitrogens is 1. The van der Waals surface area contributed by atoms with Gasteiger partial charge in [-0.15, -0.1) is 0 Å². The van der Waals surface area contributed by atoms with Crippen LogP contribution in [0.25, 0.3) is 11.5 Å². The standard InChI is InChI=1S/C10H9F3N4S2/c11-10(12,13)19-6-5-17-8(15-16-9(17)18)7-3-1-2-4-14-7/h1-4H,5-6H2,(H,16,18). The van der Waals surface area contributed by atoms with Crippen LogP contribution in [0.3, 0.4) is 0 Å². The number of nitrogens with zero attached hydrogens (tertiary/aromatic N) is 3. The summed E-state index contributed by atoms with van der Waals surface area (Å²) >= 11 is 4.92. The SMILES string of the molecule is FC(F)(F)SCCn1c(-c2ccccn2)n[nH]c1=S. The van der Waals surface area contributed by atoms with Gasteiger partial charge in [0.1, 0.15) is 5.69 Å². The van der Waals surface area contributed by atoms with E-state index in [0.29, 0.717) is 11.5 Å². The van der Waals surface area contributed by atoms with Crippen molar-refractivity contribution >= 4 is 24.0 Å². The van der Waals surface area contributed by atoms with E-state index in [-0.39, 0.29) is 28.8 Å². The van der Waals surface area contributed by atoms with Gasteiger partial charge in [0.25, 0.3) is 0 Å². The van der Waals surface area contributed by atoms with Crippen LogP contribution in [0.1, 0.15) is 0 Å². The van der Waals surface area contributed by atoms with Crippen LogP contribution < -0.4 is 0 Å². The van der Waals surface area contributed by atoms with Gasteiger partial charge in [-0.1, -0.05) is 6.07 Å². The van der Waals surface area contributed by atoms with E-state index in [1.807, 2.05) is 0 Å². The first-order valence-corrected chi connectivity index (χ1v) is 6.64. The molecule has 0 fully saturated rings. The van der Waals surface area contributed by atoms with Crippen LogP contribution in [-0.4, -0.2) is 31.0 Å². The first-order valence-electron chi connectivity index (χ1n) is 5.25. The normalized spacial score (nSPS) is 11.7. The summed E-state index contributed by atoms with van der Waals surface area (Å²) in [6, 6.07) is 5.24. The van der Waals surface area contributed by atoms with Crippen LogP contribution in [0.2, 0.25) is 0 Å². The van der Waals surface area contributed by atoms with Gasteiger partial charge in [0.15, 0.2) is 10.6 Å². The smallest absolute Gasteiger partial charge is 0.298 e. The quantitative estimate of drug-likeness (QED) is 0.881. The fourth-order valence-electron chi connectivity index (χ4n) is 1.47. The van der Waals surface area contributed by atoms with E-state index in [9.17, 15) is 13.2 Å². The number of rotatable bonds is 4. The number of pyridine rings is 1. The zero-order valence-electron chi connectivity index (χ0n) is 9.52. The van der Waals surface area contributed by atoms with Crippen molar-refractivity contribution in [2.45, 2.75) is 12.1 Å². The zero-order chi connectivity index (χ0) is 13.9. The molecule has 0 unspecified atom stereocenters. The van der Waals surface area contributed by atoms with E-state index in [4.69, 9.17) is 12.2 Å². The van der Waals surface area contributed by atoms with Gasteiger partial charge in [-0.3, -0.25) is 14.6 Å². The van der Waals surface area contributed by atoms with Gasteiger partial charge in [-0.2, -0.15) is 18.3 Å². The number of thioether (sulfide) groups is 1. The molecule has 0 spiro atoms. The van der Waals surface area contributed by atoms with Crippen molar-refractivity contribution in [1.82, 2.24) is 19.7 Å². The highest BCUT2D eigenvalue weighted by atomic mass is 32.2. The summed E-state index contributed by atoms with van der Waals surface area (Å²) in [6.07, 6.45) is 1.59. The van der Waals surface area contributed by atoms with Crippen molar-refractivity contribution in [3.05, 3.63) is 29.2 Å². The third-order valence-electron chi connectivity index (χ3n) is 2.23. The second kappa shape index (κ2) is 5.74. The fraction of sp³-hybridized carbons (Fsp3) is 0.300. The second-order valence-corrected chi connectivity index (χ2v) is 5.06. The van der Waals surface area contributed by atoms with Crippen LogP contribution in [0, 0.1) is 4.77 Å². The van der Waals surface area contributed by atoms with E-state index in [1.54, 1.807) is 24.4 Å². The molecule has 0 radical (unpaired) electrons. The summed E-state index contributed by atoms with van der Waals surface area (Å²) in [5.74, 6) is 0.311. The van der Waals surface area contributed by atoms with E-state index in [1.165, 1.54) is 4.57 Å². The maximum atomic E-state index is 12.1. The molecule has 2 rings (SSSR count). The summed E-state index contributed by atoms with van der Waals surface area (Å²) < 4.78 is 38.1. The molecule has 0 aliphatic heterocycles. The molecule has 0 saturated heterocycles. The lowest BCUT2D eigenvalue weighted by molar-refractivity contribution is -0.0328. The zero-order valence-corrected chi connectivity index (χ0v) is 11.1. The number of halogens is 3. The van der Waals surface area contributed by atoms with Crippen LogP contribution in [0.4, 0.5) is 13.2 Å². The number of hydrogen-bond acceptors (Lipinski definition) is 4. The first kappa shape index (κ1) is 14.1. The molecule has 0 aliphatic rings. The Hall–Kier alpha value is -1.35. The molecular weight excluding hydrogens is 297 g/mol. The molecule has 0 atom stereocenters. The van der Waals surface area contributed by atoms with Gasteiger partial charge in [-0.05, 0) is 36.1 Å². The minimum Gasteiger partial charge on any atom is -0.298 e. The summed E-state index contributed by atoms with van der Waals surface area (Å²) in [5, 5.41) is 6.56. The lowest BCUT2D eigenvalue weighted by Gasteiger charge is -2.07. The predicted molar refractivity (Wildman–Crippen MR) is 69.2 cm³/mol. The third kappa shape index (κ3) is 3.80. The first-order chi connectivity index (χ1) is 8.97. The van der Waals surface area contributed by atoms with E-state index in [0.717, 1.165) is 0 Å². The maximum Gasteiger partial charge on any atom is 0.441 e. The van der Waals surface area contributed by atoms with Crippen LogP contribution in [0.15, 0.2) is 24.4 Å². The van der Waals surface area contributed by atoms with Gasteiger partial charge in [0.2, 0.25) is 0 Å². The van der Waals surface area contributed by atoms with Crippen molar-refractivity contribution in [2.75, 3.05) is 5.75 Å². The third-order valence-corrected chi connectivity index (χ3v) is 3.26. The summed E-state index contributed by atoms with van der Waals surface area (Å²) in [7, 11) is 0. The van der Waals surface area contributed by atoms with E-state index >= 15 is 0 Å². The molecule has 2 aromatic rings. The van der Waals surface area contributed by atoms with Crippen molar-refractivity contribution in [3.8, 4) is 11.5 Å². The van der Waals surface area contributed by atoms with Crippen molar-refractivity contribution in [1.29, 1.82) is 0 Å². The molecule has 9 heteroatoms. The Morgan fingerprint density at radius 3 is 2.79 bits per heavy atom. The number of aromatic amines is 1. The lowest BCUT2D eigenvalue weighted by atomic mass is 10.3. The topological polar surface area (TPSA) is 46.5 Å². The van der Waals surface area contributed by atoms with Crippen LogP contribution >= 0.6 is 24.0 Å². The Morgan fingerprint density at radius 2 is 2.16 bits per heavy atom. The molecule has 0 bridgehead atoms. The van der Waals surface area contributed by atoms with Crippen LogP contribution in [-0.2, 0) is 6.54 Å². The Bertz CT molecular complexity index is 591. The monoisotopic (exact) mass is 306 g/mol. The van der Waals surface area contributed by atoms with E-state index < -0.39 is 5.51 Å². The molecule has 2 aromatic heterocycles. The average molecular weight is 306 g/mol. The molecule has 1 N–H and O–H groups in total. The molecule has 19 heavy (non-hydrogen) atoms. The van der Waals surface area contributed by atoms with Crippen molar-refractivity contribution in [3.63, 3.8) is 0 Å². The Labute approximate surface area is 116 Å². The van der Waals surface area contributed by atoms with Crippen molar-refractivity contribution < 1.29 is 13.2 Å². The number of alkyl halides is 3. The van der Waals surface area contributed by atoms with Gasteiger partial charge in [0, 0.05) is 18.5 Å².